The molecule has 0 amide bonds. The number of rotatable bonds is 3. The van der Waals surface area contributed by atoms with Gasteiger partial charge < -0.3 is 10.6 Å². The predicted molar refractivity (Wildman–Crippen MR) is 90.7 cm³/mol. The fourth-order valence-electron chi connectivity index (χ4n) is 2.90. The van der Waals surface area contributed by atoms with Gasteiger partial charge in [0.2, 0.25) is 5.95 Å². The maximum absolute atomic E-state index is 6.33. The SMILES string of the molecule is Clc1cnc(N[C@H]2CCCNC2)nc1-c1cnn2ccccc12. The van der Waals surface area contributed by atoms with Crippen LogP contribution in [0.25, 0.3) is 16.8 Å². The largest absolute Gasteiger partial charge is 0.350 e. The Morgan fingerprint density at radius 3 is 3.13 bits per heavy atom. The molecule has 4 heterocycles. The molecule has 0 saturated carbocycles. The molecule has 1 aliphatic rings. The summed E-state index contributed by atoms with van der Waals surface area (Å²) in [6.45, 7) is 2.01. The summed E-state index contributed by atoms with van der Waals surface area (Å²) in [7, 11) is 0. The number of halogens is 1. The molecule has 0 bridgehead atoms. The number of piperidine rings is 1. The second-order valence-corrected chi connectivity index (χ2v) is 6.07. The van der Waals surface area contributed by atoms with Gasteiger partial charge in [0.15, 0.2) is 0 Å². The summed E-state index contributed by atoms with van der Waals surface area (Å²) in [6.07, 6.45) is 7.61. The first-order valence-corrected chi connectivity index (χ1v) is 8.11. The van der Waals surface area contributed by atoms with Crippen LogP contribution in [-0.4, -0.2) is 38.7 Å². The molecule has 0 unspecified atom stereocenters. The van der Waals surface area contributed by atoms with Crippen molar-refractivity contribution in [3.8, 4) is 11.3 Å². The number of anilines is 1. The lowest BCUT2D eigenvalue weighted by molar-refractivity contribution is 0.478. The van der Waals surface area contributed by atoms with E-state index in [1.165, 1.54) is 0 Å². The van der Waals surface area contributed by atoms with Crippen molar-refractivity contribution in [1.29, 1.82) is 0 Å². The summed E-state index contributed by atoms with van der Waals surface area (Å²) >= 11 is 6.33. The maximum Gasteiger partial charge on any atom is 0.223 e. The fourth-order valence-corrected chi connectivity index (χ4v) is 3.09. The molecule has 3 aromatic rings. The second kappa shape index (κ2) is 6.14. The molecule has 7 heteroatoms. The molecule has 0 radical (unpaired) electrons. The summed E-state index contributed by atoms with van der Waals surface area (Å²) in [5.74, 6) is 0.605. The van der Waals surface area contributed by atoms with Crippen molar-refractivity contribution in [2.75, 3.05) is 18.4 Å². The molecule has 118 valence electrons. The molecule has 1 saturated heterocycles. The standard InChI is InChI=1S/C16H17ClN6/c17-13-10-19-16(21-11-4-3-6-18-8-11)22-15(13)12-9-20-23-7-2-1-5-14(12)23/h1-2,5,7,9-11,18H,3-4,6,8H2,(H,19,21,22)/t11-/m0/s1. The van der Waals surface area contributed by atoms with Gasteiger partial charge in [0, 0.05) is 24.3 Å². The number of nitrogens with one attached hydrogen (secondary N) is 2. The maximum atomic E-state index is 6.33. The van der Waals surface area contributed by atoms with Crippen LogP contribution in [0.1, 0.15) is 12.8 Å². The normalized spacial score (nSPS) is 18.2. The Kier molecular flexibility index (Phi) is 3.85. The third-order valence-electron chi connectivity index (χ3n) is 4.06. The van der Waals surface area contributed by atoms with Gasteiger partial charge in [-0.15, -0.1) is 0 Å². The summed E-state index contributed by atoms with van der Waals surface area (Å²) in [5, 5.41) is 11.6. The summed E-state index contributed by atoms with van der Waals surface area (Å²) in [4.78, 5) is 8.94. The Morgan fingerprint density at radius 2 is 2.26 bits per heavy atom. The minimum Gasteiger partial charge on any atom is -0.350 e. The molecule has 3 aromatic heterocycles. The molecule has 6 nitrogen and oxygen atoms in total. The first-order chi connectivity index (χ1) is 11.3. The van der Waals surface area contributed by atoms with Crippen LogP contribution in [0.2, 0.25) is 5.02 Å². The number of hydrogen-bond donors (Lipinski definition) is 2. The van der Waals surface area contributed by atoms with Crippen LogP contribution >= 0.6 is 11.6 Å². The Bertz CT molecular complexity index is 824. The molecular formula is C16H17ClN6. The Hall–Kier alpha value is -2.18. The lowest BCUT2D eigenvalue weighted by Gasteiger charge is -2.23. The van der Waals surface area contributed by atoms with E-state index in [1.54, 1.807) is 12.4 Å². The van der Waals surface area contributed by atoms with Gasteiger partial charge in [-0.1, -0.05) is 17.7 Å². The third-order valence-corrected chi connectivity index (χ3v) is 4.33. The van der Waals surface area contributed by atoms with Gasteiger partial charge in [-0.05, 0) is 31.5 Å². The highest BCUT2D eigenvalue weighted by atomic mass is 35.5. The molecule has 0 spiro atoms. The number of hydrogen-bond acceptors (Lipinski definition) is 5. The van der Waals surface area contributed by atoms with Crippen molar-refractivity contribution < 1.29 is 0 Å². The lowest BCUT2D eigenvalue weighted by atomic mass is 10.1. The van der Waals surface area contributed by atoms with E-state index in [2.05, 4.69) is 25.7 Å². The number of pyridine rings is 1. The van der Waals surface area contributed by atoms with E-state index in [-0.39, 0.29) is 0 Å². The van der Waals surface area contributed by atoms with Crippen molar-refractivity contribution in [1.82, 2.24) is 24.9 Å². The van der Waals surface area contributed by atoms with E-state index in [4.69, 9.17) is 11.6 Å². The Balaban J connectivity index is 1.69. The average molecular weight is 329 g/mol. The lowest BCUT2D eigenvalue weighted by Crippen LogP contribution is -2.38. The van der Waals surface area contributed by atoms with Crippen molar-refractivity contribution >= 4 is 23.1 Å². The molecule has 23 heavy (non-hydrogen) atoms. The van der Waals surface area contributed by atoms with Crippen molar-refractivity contribution in [3.63, 3.8) is 0 Å². The van der Waals surface area contributed by atoms with E-state index >= 15 is 0 Å². The van der Waals surface area contributed by atoms with Gasteiger partial charge in [0.1, 0.15) is 0 Å². The van der Waals surface area contributed by atoms with E-state index < -0.39 is 0 Å². The average Bonchev–Trinajstić information content (AvgIpc) is 3.01. The number of fused-ring (bicyclic) bond motifs is 1. The summed E-state index contributed by atoms with van der Waals surface area (Å²) in [5.41, 5.74) is 2.58. The molecule has 1 fully saturated rings. The molecule has 1 aliphatic heterocycles. The van der Waals surface area contributed by atoms with Crippen molar-refractivity contribution in [2.45, 2.75) is 18.9 Å². The van der Waals surface area contributed by atoms with Crippen LogP contribution in [0.4, 0.5) is 5.95 Å². The topological polar surface area (TPSA) is 67.1 Å². The smallest absolute Gasteiger partial charge is 0.223 e. The monoisotopic (exact) mass is 328 g/mol. The van der Waals surface area contributed by atoms with Crippen LogP contribution < -0.4 is 10.6 Å². The first kappa shape index (κ1) is 14.4. The zero-order valence-electron chi connectivity index (χ0n) is 12.5. The van der Waals surface area contributed by atoms with E-state index in [0.717, 1.165) is 37.0 Å². The van der Waals surface area contributed by atoms with E-state index in [0.29, 0.717) is 22.7 Å². The number of aromatic nitrogens is 4. The van der Waals surface area contributed by atoms with Gasteiger partial charge in [0.25, 0.3) is 0 Å². The molecule has 1 atom stereocenters. The fraction of sp³-hybridized carbons (Fsp3) is 0.312. The molecular weight excluding hydrogens is 312 g/mol. The minimum atomic E-state index is 0.349. The van der Waals surface area contributed by atoms with E-state index in [9.17, 15) is 0 Å². The first-order valence-electron chi connectivity index (χ1n) is 7.74. The third kappa shape index (κ3) is 2.87. The Morgan fingerprint density at radius 1 is 1.30 bits per heavy atom. The molecule has 0 aromatic carbocycles. The van der Waals surface area contributed by atoms with Crippen LogP contribution in [0.15, 0.2) is 36.8 Å². The van der Waals surface area contributed by atoms with Crippen molar-refractivity contribution in [3.05, 3.63) is 41.8 Å². The van der Waals surface area contributed by atoms with Crippen molar-refractivity contribution in [2.24, 2.45) is 0 Å². The highest BCUT2D eigenvalue weighted by molar-refractivity contribution is 6.33. The molecule has 2 N–H and O–H groups in total. The van der Waals surface area contributed by atoms with Crippen LogP contribution in [0, 0.1) is 0 Å². The second-order valence-electron chi connectivity index (χ2n) is 5.67. The van der Waals surface area contributed by atoms with Gasteiger partial charge in [-0.25, -0.2) is 14.5 Å². The highest BCUT2D eigenvalue weighted by Gasteiger charge is 2.16. The molecule has 0 aliphatic carbocycles. The minimum absolute atomic E-state index is 0.349. The quantitative estimate of drug-likeness (QED) is 0.773. The summed E-state index contributed by atoms with van der Waals surface area (Å²) < 4.78 is 1.81. The van der Waals surface area contributed by atoms with Crippen LogP contribution in [0.5, 0.6) is 0 Å². The van der Waals surface area contributed by atoms with Gasteiger partial charge in [0.05, 0.1) is 28.6 Å². The zero-order chi connectivity index (χ0) is 15.6. The van der Waals surface area contributed by atoms with Crippen LogP contribution in [0.3, 0.4) is 0 Å². The van der Waals surface area contributed by atoms with Gasteiger partial charge in [-0.2, -0.15) is 5.10 Å². The van der Waals surface area contributed by atoms with Gasteiger partial charge in [-0.3, -0.25) is 0 Å². The summed E-state index contributed by atoms with van der Waals surface area (Å²) in [6, 6.07) is 6.26. The predicted octanol–water partition coefficient (Wildman–Crippen LogP) is 2.61. The highest BCUT2D eigenvalue weighted by Crippen LogP contribution is 2.29. The zero-order valence-corrected chi connectivity index (χ0v) is 13.3. The Labute approximate surface area is 138 Å². The van der Waals surface area contributed by atoms with Crippen LogP contribution in [-0.2, 0) is 0 Å². The number of nitrogens with zero attached hydrogens (tertiary/aromatic N) is 4. The van der Waals surface area contributed by atoms with E-state index in [1.807, 2.05) is 28.9 Å². The van der Waals surface area contributed by atoms with Gasteiger partial charge >= 0.3 is 0 Å². The molecule has 4 rings (SSSR count).